The molecule has 33 heavy (non-hydrogen) atoms. The van der Waals surface area contributed by atoms with Crippen LogP contribution in [0.3, 0.4) is 0 Å². The monoisotopic (exact) mass is 468 g/mol. The van der Waals surface area contributed by atoms with Crippen LogP contribution in [0.4, 0.5) is 4.39 Å². The van der Waals surface area contributed by atoms with Gasteiger partial charge in [-0.3, -0.25) is 4.79 Å². The van der Waals surface area contributed by atoms with Crippen molar-refractivity contribution < 1.29 is 17.6 Å². The summed E-state index contributed by atoms with van der Waals surface area (Å²) in [5, 5.41) is 0. The first-order valence-electron chi connectivity index (χ1n) is 10.9. The molecule has 1 N–H and O–H groups in total. The number of nitrogens with zero attached hydrogens (tertiary/aromatic N) is 1. The molecule has 0 saturated carbocycles. The van der Waals surface area contributed by atoms with Crippen molar-refractivity contribution in [3.63, 3.8) is 0 Å². The number of aryl methyl sites for hydroxylation is 2. The molecule has 0 unspecified atom stereocenters. The maximum Gasteiger partial charge on any atom is 0.254 e. The quantitative estimate of drug-likeness (QED) is 0.484. The zero-order chi connectivity index (χ0) is 23.8. The van der Waals surface area contributed by atoms with Crippen molar-refractivity contribution in [1.29, 1.82) is 0 Å². The van der Waals surface area contributed by atoms with Gasteiger partial charge < -0.3 is 4.90 Å². The molecule has 174 valence electrons. The molecule has 1 amide bonds. The Kier molecular flexibility index (Phi) is 8.36. The van der Waals surface area contributed by atoms with E-state index in [0.717, 1.165) is 22.3 Å². The van der Waals surface area contributed by atoms with Gasteiger partial charge in [-0.05, 0) is 55.2 Å². The lowest BCUT2D eigenvalue weighted by Crippen LogP contribution is -2.39. The summed E-state index contributed by atoms with van der Waals surface area (Å²) in [5.74, 6) is -0.749. The Hall–Kier alpha value is -3.03. The molecule has 0 fully saturated rings. The van der Waals surface area contributed by atoms with Crippen LogP contribution in [-0.4, -0.2) is 38.1 Å². The van der Waals surface area contributed by atoms with Crippen LogP contribution in [0.5, 0.6) is 0 Å². The summed E-state index contributed by atoms with van der Waals surface area (Å²) in [6.07, 6.45) is 0.495. The summed E-state index contributed by atoms with van der Waals surface area (Å²) in [6.45, 7) is 4.40. The third kappa shape index (κ3) is 7.51. The first kappa shape index (κ1) is 24.6. The van der Waals surface area contributed by atoms with Crippen molar-refractivity contribution in [3.8, 4) is 0 Å². The first-order chi connectivity index (χ1) is 15.7. The van der Waals surface area contributed by atoms with Gasteiger partial charge in [0.25, 0.3) is 5.91 Å². The van der Waals surface area contributed by atoms with Gasteiger partial charge in [0, 0.05) is 25.2 Å². The number of hydrogen-bond donors (Lipinski definition) is 1. The van der Waals surface area contributed by atoms with Crippen molar-refractivity contribution in [2.75, 3.05) is 18.8 Å². The lowest BCUT2D eigenvalue weighted by atomic mass is 10.1. The normalized spacial score (nSPS) is 11.4. The Morgan fingerprint density at radius 3 is 2.18 bits per heavy atom. The fourth-order valence-electron chi connectivity index (χ4n) is 3.41. The number of amides is 1. The molecule has 0 bridgehead atoms. The van der Waals surface area contributed by atoms with Gasteiger partial charge in [0.05, 0.1) is 5.75 Å². The SMILES string of the molecule is Cc1ccc(CNS(=O)(=O)CCN(CCc2ccc(F)cc2)C(=O)c2ccccc2C)cc1. The van der Waals surface area contributed by atoms with E-state index in [9.17, 15) is 17.6 Å². The molecule has 0 aliphatic heterocycles. The molecule has 0 aliphatic carbocycles. The highest BCUT2D eigenvalue weighted by Crippen LogP contribution is 2.13. The van der Waals surface area contributed by atoms with Crippen molar-refractivity contribution in [2.24, 2.45) is 0 Å². The minimum absolute atomic E-state index is 0.0532. The van der Waals surface area contributed by atoms with E-state index in [1.165, 1.54) is 12.1 Å². The Morgan fingerprint density at radius 2 is 1.52 bits per heavy atom. The number of nitrogens with one attached hydrogen (secondary N) is 1. The zero-order valence-corrected chi connectivity index (χ0v) is 19.7. The molecule has 0 heterocycles. The number of hydrogen-bond acceptors (Lipinski definition) is 3. The van der Waals surface area contributed by atoms with Gasteiger partial charge in [-0.2, -0.15) is 0 Å². The number of rotatable bonds is 10. The van der Waals surface area contributed by atoms with Crippen LogP contribution in [0.1, 0.15) is 32.6 Å². The zero-order valence-electron chi connectivity index (χ0n) is 18.9. The molecule has 0 saturated heterocycles. The fourth-order valence-corrected chi connectivity index (χ4v) is 4.41. The summed E-state index contributed by atoms with van der Waals surface area (Å²) in [6, 6.07) is 21.0. The number of sulfonamides is 1. The minimum Gasteiger partial charge on any atom is -0.337 e. The average molecular weight is 469 g/mol. The number of carbonyl (C=O) groups is 1. The summed E-state index contributed by atoms with van der Waals surface area (Å²) >= 11 is 0. The predicted molar refractivity (Wildman–Crippen MR) is 129 cm³/mol. The lowest BCUT2D eigenvalue weighted by molar-refractivity contribution is 0.0766. The first-order valence-corrected chi connectivity index (χ1v) is 12.5. The number of halogens is 1. The van der Waals surface area contributed by atoms with Gasteiger partial charge >= 0.3 is 0 Å². The predicted octanol–water partition coefficient (Wildman–Crippen LogP) is 4.25. The third-order valence-electron chi connectivity index (χ3n) is 5.49. The molecule has 0 radical (unpaired) electrons. The highest BCUT2D eigenvalue weighted by atomic mass is 32.2. The van der Waals surface area contributed by atoms with Crippen molar-refractivity contribution in [3.05, 3.63) is 106 Å². The Morgan fingerprint density at radius 1 is 0.879 bits per heavy atom. The Balaban J connectivity index is 1.68. The van der Waals surface area contributed by atoms with Gasteiger partial charge in [-0.25, -0.2) is 17.5 Å². The molecule has 3 aromatic carbocycles. The van der Waals surface area contributed by atoms with Gasteiger partial charge in [0.1, 0.15) is 5.82 Å². The molecule has 7 heteroatoms. The van der Waals surface area contributed by atoms with Crippen LogP contribution < -0.4 is 4.72 Å². The van der Waals surface area contributed by atoms with Crippen molar-refractivity contribution >= 4 is 15.9 Å². The maximum atomic E-state index is 13.2. The largest absolute Gasteiger partial charge is 0.337 e. The molecule has 5 nitrogen and oxygen atoms in total. The standard InChI is InChI=1S/C26H29FN2O3S/c1-20-7-9-23(10-8-20)19-28-33(31,32)18-17-29(16-15-22-11-13-24(27)14-12-22)26(30)25-6-4-3-5-21(25)2/h3-14,28H,15-19H2,1-2H3. The second-order valence-corrected chi connectivity index (χ2v) is 10.0. The molecular formula is C26H29FN2O3S. The van der Waals surface area contributed by atoms with E-state index in [-0.39, 0.29) is 30.6 Å². The van der Waals surface area contributed by atoms with Gasteiger partial charge in [-0.1, -0.05) is 60.2 Å². The highest BCUT2D eigenvalue weighted by Gasteiger charge is 2.20. The minimum atomic E-state index is -3.59. The van der Waals surface area contributed by atoms with E-state index < -0.39 is 10.0 Å². The van der Waals surface area contributed by atoms with Crippen LogP contribution in [0.2, 0.25) is 0 Å². The van der Waals surface area contributed by atoms with Gasteiger partial charge in [0.2, 0.25) is 10.0 Å². The summed E-state index contributed by atoms with van der Waals surface area (Å²) in [4.78, 5) is 14.8. The molecule has 3 aromatic rings. The van der Waals surface area contributed by atoms with E-state index in [4.69, 9.17) is 0 Å². The summed E-state index contributed by atoms with van der Waals surface area (Å²) < 4.78 is 41.1. The third-order valence-corrected chi connectivity index (χ3v) is 6.80. The van der Waals surface area contributed by atoms with E-state index in [0.29, 0.717) is 18.5 Å². The second kappa shape index (κ2) is 11.2. The smallest absolute Gasteiger partial charge is 0.254 e. The number of benzene rings is 3. The highest BCUT2D eigenvalue weighted by molar-refractivity contribution is 7.89. The summed E-state index contributed by atoms with van der Waals surface area (Å²) in [7, 11) is -3.59. The van der Waals surface area contributed by atoms with Crippen LogP contribution >= 0.6 is 0 Å². The topological polar surface area (TPSA) is 66.5 Å². The average Bonchev–Trinajstić information content (AvgIpc) is 2.80. The van der Waals surface area contributed by atoms with E-state index in [2.05, 4.69) is 4.72 Å². The van der Waals surface area contributed by atoms with E-state index in [1.54, 1.807) is 29.2 Å². The molecule has 0 spiro atoms. The molecule has 0 atom stereocenters. The lowest BCUT2D eigenvalue weighted by Gasteiger charge is -2.24. The van der Waals surface area contributed by atoms with E-state index in [1.807, 2.05) is 50.2 Å². The molecule has 0 aliphatic rings. The molecular weight excluding hydrogens is 439 g/mol. The van der Waals surface area contributed by atoms with E-state index >= 15 is 0 Å². The fraction of sp³-hybridized carbons (Fsp3) is 0.269. The Labute approximate surface area is 195 Å². The number of carbonyl (C=O) groups excluding carboxylic acids is 1. The van der Waals surface area contributed by atoms with Crippen LogP contribution in [0.15, 0.2) is 72.8 Å². The van der Waals surface area contributed by atoms with Crippen LogP contribution in [0, 0.1) is 19.7 Å². The van der Waals surface area contributed by atoms with Crippen LogP contribution in [0.25, 0.3) is 0 Å². The van der Waals surface area contributed by atoms with Gasteiger partial charge in [-0.15, -0.1) is 0 Å². The second-order valence-electron chi connectivity index (χ2n) is 8.11. The van der Waals surface area contributed by atoms with Gasteiger partial charge in [0.15, 0.2) is 0 Å². The molecule has 0 aromatic heterocycles. The Bertz CT molecular complexity index is 1180. The van der Waals surface area contributed by atoms with Crippen molar-refractivity contribution in [2.45, 2.75) is 26.8 Å². The summed E-state index contributed by atoms with van der Waals surface area (Å²) in [5.41, 5.74) is 4.22. The van der Waals surface area contributed by atoms with Crippen molar-refractivity contribution in [1.82, 2.24) is 9.62 Å². The van der Waals surface area contributed by atoms with Crippen LogP contribution in [-0.2, 0) is 23.0 Å². The molecule has 3 rings (SSSR count). The maximum absolute atomic E-state index is 13.2.